The number of esters is 1. The van der Waals surface area contributed by atoms with Crippen molar-refractivity contribution < 1.29 is 14.3 Å². The smallest absolute Gasteiger partial charge is 0.343 e. The van der Waals surface area contributed by atoms with E-state index in [2.05, 4.69) is 38.7 Å². The lowest BCUT2D eigenvalue weighted by atomic mass is 9.69. The normalized spacial score (nSPS) is 20.7. The van der Waals surface area contributed by atoms with Gasteiger partial charge < -0.3 is 14.4 Å². The number of carbonyl (C=O) groups is 1. The van der Waals surface area contributed by atoms with E-state index in [0.717, 1.165) is 25.3 Å². The third-order valence-corrected chi connectivity index (χ3v) is 5.45. The van der Waals surface area contributed by atoms with Crippen molar-refractivity contribution in [2.75, 3.05) is 31.7 Å². The predicted molar refractivity (Wildman–Crippen MR) is 91.5 cm³/mol. The molecule has 2 heterocycles. The monoisotopic (exact) mass is 317 g/mol. The van der Waals surface area contributed by atoms with E-state index in [1.807, 2.05) is 6.07 Å². The molecule has 2 aliphatic heterocycles. The van der Waals surface area contributed by atoms with Crippen LogP contribution in [0.2, 0.25) is 0 Å². The van der Waals surface area contributed by atoms with E-state index in [1.54, 1.807) is 0 Å². The van der Waals surface area contributed by atoms with E-state index < -0.39 is 0 Å². The van der Waals surface area contributed by atoms with E-state index >= 15 is 0 Å². The first-order chi connectivity index (χ1) is 10.8. The fourth-order valence-electron chi connectivity index (χ4n) is 3.84. The highest BCUT2D eigenvalue weighted by atomic mass is 16.6. The van der Waals surface area contributed by atoms with Gasteiger partial charge in [0.2, 0.25) is 0 Å². The minimum absolute atomic E-state index is 0.0399. The van der Waals surface area contributed by atoms with Crippen LogP contribution >= 0.6 is 0 Å². The number of methoxy groups -OCH3 is 1. The summed E-state index contributed by atoms with van der Waals surface area (Å²) in [6.07, 6.45) is 2.26. The summed E-state index contributed by atoms with van der Waals surface area (Å²) in [5.74, 6) is 0.474. The number of ether oxygens (including phenoxy) is 2. The second-order valence-electron chi connectivity index (χ2n) is 7.95. The zero-order chi connectivity index (χ0) is 16.8. The molecule has 2 aliphatic rings. The van der Waals surface area contributed by atoms with Gasteiger partial charge in [0.15, 0.2) is 6.61 Å². The van der Waals surface area contributed by atoms with Gasteiger partial charge >= 0.3 is 5.97 Å². The zero-order valence-electron chi connectivity index (χ0n) is 14.9. The number of benzene rings is 1. The molecule has 3 rings (SSSR count). The van der Waals surface area contributed by atoms with Crippen molar-refractivity contribution in [2.45, 2.75) is 51.4 Å². The molecule has 0 saturated carbocycles. The van der Waals surface area contributed by atoms with Crippen molar-refractivity contribution in [3.63, 3.8) is 0 Å². The molecule has 23 heavy (non-hydrogen) atoms. The minimum Gasteiger partial charge on any atom is -0.482 e. The Balaban J connectivity index is 2.11. The first-order valence-corrected chi connectivity index (χ1v) is 8.39. The summed E-state index contributed by atoms with van der Waals surface area (Å²) in [6.45, 7) is 11.3. The Morgan fingerprint density at radius 1 is 1.13 bits per heavy atom. The lowest BCUT2D eigenvalue weighted by Gasteiger charge is -2.48. The Morgan fingerprint density at radius 3 is 2.43 bits per heavy atom. The fraction of sp³-hybridized carbons (Fsp3) is 0.632. The molecule has 0 unspecified atom stereocenters. The fourth-order valence-corrected chi connectivity index (χ4v) is 3.84. The predicted octanol–water partition coefficient (Wildman–Crippen LogP) is 3.41. The van der Waals surface area contributed by atoms with E-state index in [0.29, 0.717) is 0 Å². The Hall–Kier alpha value is -1.71. The van der Waals surface area contributed by atoms with Gasteiger partial charge in [-0.15, -0.1) is 0 Å². The van der Waals surface area contributed by atoms with Gasteiger partial charge in [-0.05, 0) is 35.3 Å². The number of hydrogen-bond acceptors (Lipinski definition) is 4. The van der Waals surface area contributed by atoms with Crippen molar-refractivity contribution in [3.8, 4) is 5.75 Å². The Morgan fingerprint density at radius 2 is 1.78 bits per heavy atom. The number of carbonyl (C=O) groups excluding carboxylic acids is 1. The largest absolute Gasteiger partial charge is 0.482 e. The lowest BCUT2D eigenvalue weighted by molar-refractivity contribution is -0.142. The molecule has 0 atom stereocenters. The van der Waals surface area contributed by atoms with E-state index in [4.69, 9.17) is 9.47 Å². The second kappa shape index (κ2) is 5.43. The standard InChI is InChI=1S/C19H27NO3/c1-18(2)8-10-20-11-9-19(3,4)16-14(23-12-15(21)22-5)7-6-13(18)17(16)20/h6-7H,8-12H2,1-5H3. The summed E-state index contributed by atoms with van der Waals surface area (Å²) in [5.41, 5.74) is 4.20. The van der Waals surface area contributed by atoms with Crippen LogP contribution in [-0.2, 0) is 20.4 Å². The van der Waals surface area contributed by atoms with Gasteiger partial charge in [-0.3, -0.25) is 0 Å². The van der Waals surface area contributed by atoms with Crippen molar-refractivity contribution in [3.05, 3.63) is 23.3 Å². The molecule has 1 aromatic carbocycles. The summed E-state index contributed by atoms with van der Waals surface area (Å²) in [6, 6.07) is 4.22. The van der Waals surface area contributed by atoms with Crippen molar-refractivity contribution in [1.82, 2.24) is 0 Å². The van der Waals surface area contributed by atoms with Crippen LogP contribution in [0.4, 0.5) is 5.69 Å². The first kappa shape index (κ1) is 16.2. The average Bonchev–Trinajstić information content (AvgIpc) is 2.50. The molecular formula is C19H27NO3. The van der Waals surface area contributed by atoms with E-state index in [1.165, 1.54) is 30.3 Å². The van der Waals surface area contributed by atoms with Crippen molar-refractivity contribution in [1.29, 1.82) is 0 Å². The number of hydrogen-bond donors (Lipinski definition) is 0. The molecule has 0 aliphatic carbocycles. The van der Waals surface area contributed by atoms with Crippen LogP contribution in [0.5, 0.6) is 5.75 Å². The summed E-state index contributed by atoms with van der Waals surface area (Å²) >= 11 is 0. The van der Waals surface area contributed by atoms with Gasteiger partial charge in [0.1, 0.15) is 5.75 Å². The maximum absolute atomic E-state index is 11.5. The van der Waals surface area contributed by atoms with Gasteiger partial charge in [-0.2, -0.15) is 0 Å². The van der Waals surface area contributed by atoms with Crippen LogP contribution < -0.4 is 9.64 Å². The van der Waals surface area contributed by atoms with Gasteiger partial charge in [0.05, 0.1) is 7.11 Å². The Kier molecular flexibility index (Phi) is 3.81. The third-order valence-electron chi connectivity index (χ3n) is 5.45. The number of nitrogens with zero attached hydrogens (tertiary/aromatic N) is 1. The molecule has 0 amide bonds. The Bertz CT molecular complexity index is 632. The highest BCUT2D eigenvalue weighted by Crippen LogP contribution is 2.52. The molecule has 0 N–H and O–H groups in total. The Labute approximate surface area is 138 Å². The molecule has 0 aromatic heterocycles. The molecule has 0 spiro atoms. The average molecular weight is 317 g/mol. The van der Waals surface area contributed by atoms with Crippen LogP contribution in [0.15, 0.2) is 12.1 Å². The van der Waals surface area contributed by atoms with E-state index in [-0.39, 0.29) is 23.4 Å². The van der Waals surface area contributed by atoms with Crippen LogP contribution in [-0.4, -0.2) is 32.8 Å². The van der Waals surface area contributed by atoms with Crippen molar-refractivity contribution >= 4 is 11.7 Å². The quantitative estimate of drug-likeness (QED) is 0.801. The molecule has 0 saturated heterocycles. The maximum Gasteiger partial charge on any atom is 0.343 e. The molecule has 4 nitrogen and oxygen atoms in total. The van der Waals surface area contributed by atoms with Gasteiger partial charge in [0.25, 0.3) is 0 Å². The third kappa shape index (κ3) is 2.68. The topological polar surface area (TPSA) is 38.8 Å². The molecule has 0 bridgehead atoms. The highest BCUT2D eigenvalue weighted by Gasteiger charge is 2.41. The van der Waals surface area contributed by atoms with Gasteiger partial charge in [-0.1, -0.05) is 33.8 Å². The lowest BCUT2D eigenvalue weighted by Crippen LogP contribution is -2.44. The van der Waals surface area contributed by atoms with Crippen LogP contribution in [0.3, 0.4) is 0 Å². The molecule has 0 radical (unpaired) electrons. The molecule has 126 valence electrons. The van der Waals surface area contributed by atoms with Crippen LogP contribution in [0.1, 0.15) is 51.7 Å². The van der Waals surface area contributed by atoms with Crippen molar-refractivity contribution in [2.24, 2.45) is 0 Å². The summed E-state index contributed by atoms with van der Waals surface area (Å²) in [4.78, 5) is 14.0. The number of anilines is 1. The minimum atomic E-state index is -0.347. The zero-order valence-corrected chi connectivity index (χ0v) is 14.9. The SMILES string of the molecule is COC(=O)COc1ccc2c3c1C(C)(C)CCN3CCC2(C)C. The highest BCUT2D eigenvalue weighted by molar-refractivity contribution is 5.73. The molecular weight excluding hydrogens is 290 g/mol. The van der Waals surface area contributed by atoms with Crippen LogP contribution in [0.25, 0.3) is 0 Å². The first-order valence-electron chi connectivity index (χ1n) is 8.39. The second-order valence-corrected chi connectivity index (χ2v) is 7.95. The van der Waals surface area contributed by atoms with E-state index in [9.17, 15) is 4.79 Å². The maximum atomic E-state index is 11.5. The number of rotatable bonds is 3. The van der Waals surface area contributed by atoms with Gasteiger partial charge in [0, 0.05) is 24.3 Å². The summed E-state index contributed by atoms with van der Waals surface area (Å²) in [7, 11) is 1.39. The van der Waals surface area contributed by atoms with Crippen LogP contribution in [0, 0.1) is 0 Å². The van der Waals surface area contributed by atoms with Gasteiger partial charge in [-0.25, -0.2) is 4.79 Å². The summed E-state index contributed by atoms with van der Waals surface area (Å²) < 4.78 is 10.5. The summed E-state index contributed by atoms with van der Waals surface area (Å²) in [5, 5.41) is 0. The molecule has 1 aromatic rings. The molecule has 4 heteroatoms. The molecule has 0 fully saturated rings.